The highest BCUT2D eigenvalue weighted by atomic mass is 35.5. The molecule has 1 amide bonds. The van der Waals surface area contributed by atoms with Gasteiger partial charge in [-0.15, -0.1) is 0 Å². The number of imidazole rings is 1. The van der Waals surface area contributed by atoms with E-state index in [1.54, 1.807) is 36.9 Å². The number of hydrogen-bond acceptors (Lipinski definition) is 4. The summed E-state index contributed by atoms with van der Waals surface area (Å²) < 4.78 is 8.55. The number of anilines is 1. The maximum absolute atomic E-state index is 12.5. The first kappa shape index (κ1) is 18.0. The number of halogens is 1. The molecule has 0 saturated heterocycles. The van der Waals surface area contributed by atoms with Gasteiger partial charge in [0.25, 0.3) is 5.91 Å². The van der Waals surface area contributed by atoms with Crippen molar-refractivity contribution in [3.8, 4) is 5.88 Å². The molecule has 1 aromatic carbocycles. The topological polar surface area (TPSA) is 78.2 Å². The summed E-state index contributed by atoms with van der Waals surface area (Å²) in [4.78, 5) is 28.6. The van der Waals surface area contributed by atoms with Crippen molar-refractivity contribution >= 4 is 34.2 Å². The molecule has 2 aromatic heterocycles. The van der Waals surface area contributed by atoms with Gasteiger partial charge in [-0.2, -0.15) is 0 Å². The molecule has 0 atom stereocenters. The average molecular weight is 375 g/mol. The molecule has 0 unspecified atom stereocenters. The number of ether oxygens (including phenoxy) is 1. The first-order chi connectivity index (χ1) is 12.3. The number of pyridine rings is 1. The Morgan fingerprint density at radius 2 is 1.88 bits per heavy atom. The van der Waals surface area contributed by atoms with Crippen LogP contribution in [-0.2, 0) is 14.1 Å². The van der Waals surface area contributed by atoms with Gasteiger partial charge in [0.05, 0.1) is 22.7 Å². The van der Waals surface area contributed by atoms with Crippen LogP contribution in [0.2, 0.25) is 5.02 Å². The van der Waals surface area contributed by atoms with Gasteiger partial charge in [0.1, 0.15) is 5.02 Å². The Balaban J connectivity index is 1.86. The number of nitrogens with zero attached hydrogens (tertiary/aromatic N) is 3. The van der Waals surface area contributed by atoms with Crippen molar-refractivity contribution in [2.24, 2.45) is 14.1 Å². The second-order valence-corrected chi connectivity index (χ2v) is 6.64. The van der Waals surface area contributed by atoms with E-state index in [9.17, 15) is 9.59 Å². The zero-order chi connectivity index (χ0) is 19.0. The lowest BCUT2D eigenvalue weighted by atomic mass is 10.2. The molecule has 0 fully saturated rings. The van der Waals surface area contributed by atoms with Crippen LogP contribution in [0, 0.1) is 0 Å². The second-order valence-electron chi connectivity index (χ2n) is 6.24. The smallest absolute Gasteiger partial charge is 0.328 e. The van der Waals surface area contributed by atoms with Crippen molar-refractivity contribution < 1.29 is 9.53 Å². The number of nitrogens with one attached hydrogen (secondary N) is 1. The third-order valence-electron chi connectivity index (χ3n) is 3.95. The first-order valence-electron chi connectivity index (χ1n) is 8.07. The summed E-state index contributed by atoms with van der Waals surface area (Å²) in [7, 11) is 3.39. The van der Waals surface area contributed by atoms with Gasteiger partial charge in [-0.25, -0.2) is 9.78 Å². The van der Waals surface area contributed by atoms with Gasteiger partial charge in [-0.05, 0) is 38.1 Å². The molecule has 0 aliphatic carbocycles. The lowest BCUT2D eigenvalue weighted by Gasteiger charge is -2.11. The van der Waals surface area contributed by atoms with E-state index in [-0.39, 0.29) is 22.7 Å². The van der Waals surface area contributed by atoms with Crippen LogP contribution in [-0.4, -0.2) is 26.1 Å². The number of amides is 1. The highest BCUT2D eigenvalue weighted by Crippen LogP contribution is 2.24. The first-order valence-corrected chi connectivity index (χ1v) is 8.44. The summed E-state index contributed by atoms with van der Waals surface area (Å²) in [6, 6.07) is 6.79. The van der Waals surface area contributed by atoms with Crippen molar-refractivity contribution in [1.29, 1.82) is 0 Å². The van der Waals surface area contributed by atoms with Crippen molar-refractivity contribution in [2.75, 3.05) is 5.32 Å². The number of carbonyl (C=O) groups is 1. The third-order valence-corrected chi connectivity index (χ3v) is 4.22. The van der Waals surface area contributed by atoms with Crippen LogP contribution in [0.15, 0.2) is 35.3 Å². The van der Waals surface area contributed by atoms with E-state index in [0.29, 0.717) is 17.1 Å². The molecule has 0 bridgehead atoms. The lowest BCUT2D eigenvalue weighted by Crippen LogP contribution is -2.19. The fraction of sp³-hybridized carbons (Fsp3) is 0.278. The number of fused-ring (bicyclic) bond motifs is 1. The minimum Gasteiger partial charge on any atom is -0.474 e. The molecule has 1 N–H and O–H groups in total. The number of aryl methyl sites for hydroxylation is 2. The minimum absolute atomic E-state index is 0.0658. The van der Waals surface area contributed by atoms with E-state index in [4.69, 9.17) is 16.3 Å². The van der Waals surface area contributed by atoms with Gasteiger partial charge in [0.2, 0.25) is 5.88 Å². The van der Waals surface area contributed by atoms with E-state index in [2.05, 4.69) is 10.3 Å². The van der Waals surface area contributed by atoms with Crippen LogP contribution in [0.1, 0.15) is 24.2 Å². The normalized spacial score (nSPS) is 11.2. The monoisotopic (exact) mass is 374 g/mol. The lowest BCUT2D eigenvalue weighted by molar-refractivity contribution is 0.102. The predicted molar refractivity (Wildman–Crippen MR) is 101 cm³/mol. The molecular weight excluding hydrogens is 356 g/mol. The molecule has 3 aromatic rings. The van der Waals surface area contributed by atoms with Gasteiger partial charge in [0, 0.05) is 26.0 Å². The van der Waals surface area contributed by atoms with E-state index in [0.717, 1.165) is 11.0 Å². The molecule has 2 heterocycles. The van der Waals surface area contributed by atoms with Crippen LogP contribution >= 0.6 is 11.6 Å². The minimum atomic E-state index is -0.351. The van der Waals surface area contributed by atoms with Crippen molar-refractivity contribution in [1.82, 2.24) is 14.1 Å². The molecule has 0 aliphatic rings. The predicted octanol–water partition coefficient (Wildman–Crippen LogP) is 2.96. The average Bonchev–Trinajstić information content (AvgIpc) is 2.80. The third kappa shape index (κ3) is 3.30. The number of aromatic nitrogens is 3. The summed E-state index contributed by atoms with van der Waals surface area (Å²) >= 11 is 6.13. The van der Waals surface area contributed by atoms with Crippen molar-refractivity contribution in [3.63, 3.8) is 0 Å². The van der Waals surface area contributed by atoms with Crippen LogP contribution in [0.5, 0.6) is 5.88 Å². The molecule has 26 heavy (non-hydrogen) atoms. The van der Waals surface area contributed by atoms with Gasteiger partial charge in [-0.3, -0.25) is 13.9 Å². The van der Waals surface area contributed by atoms with Crippen LogP contribution < -0.4 is 15.7 Å². The maximum atomic E-state index is 12.5. The summed E-state index contributed by atoms with van der Waals surface area (Å²) in [6.45, 7) is 3.73. The van der Waals surface area contributed by atoms with Crippen LogP contribution in [0.4, 0.5) is 5.69 Å². The van der Waals surface area contributed by atoms with E-state index < -0.39 is 0 Å². The fourth-order valence-electron chi connectivity index (χ4n) is 2.65. The number of hydrogen-bond donors (Lipinski definition) is 1. The van der Waals surface area contributed by atoms with E-state index in [1.165, 1.54) is 16.8 Å². The quantitative estimate of drug-likeness (QED) is 0.761. The van der Waals surface area contributed by atoms with Crippen LogP contribution in [0.3, 0.4) is 0 Å². The Morgan fingerprint density at radius 3 is 2.54 bits per heavy atom. The maximum Gasteiger partial charge on any atom is 0.328 e. The molecular formula is C18H19ClN4O3. The SMILES string of the molecule is CC(C)Oc1ncc(C(=O)Nc2ccc3c(c2)n(C)c(=O)n3C)cc1Cl. The zero-order valence-corrected chi connectivity index (χ0v) is 15.7. The number of rotatable bonds is 4. The molecule has 7 nitrogen and oxygen atoms in total. The second kappa shape index (κ2) is 6.84. The van der Waals surface area contributed by atoms with Gasteiger partial charge in [-0.1, -0.05) is 11.6 Å². The van der Waals surface area contributed by atoms with Gasteiger partial charge >= 0.3 is 5.69 Å². The Hall–Kier alpha value is -2.80. The van der Waals surface area contributed by atoms with Crippen LogP contribution in [0.25, 0.3) is 11.0 Å². The van der Waals surface area contributed by atoms with Gasteiger partial charge < -0.3 is 10.1 Å². The summed E-state index contributed by atoms with van der Waals surface area (Å²) in [5.41, 5.74) is 2.28. The molecule has 0 saturated carbocycles. The molecule has 136 valence electrons. The summed E-state index contributed by atoms with van der Waals surface area (Å²) in [5, 5.41) is 3.06. The molecule has 0 aliphatic heterocycles. The summed E-state index contributed by atoms with van der Waals surface area (Å²) in [6.07, 6.45) is 1.35. The Labute approximate surface area is 155 Å². The highest BCUT2D eigenvalue weighted by Gasteiger charge is 2.13. The largest absolute Gasteiger partial charge is 0.474 e. The Bertz CT molecular complexity index is 1050. The Kier molecular flexibility index (Phi) is 4.73. The van der Waals surface area contributed by atoms with E-state index >= 15 is 0 Å². The highest BCUT2D eigenvalue weighted by molar-refractivity contribution is 6.32. The fourth-order valence-corrected chi connectivity index (χ4v) is 2.86. The van der Waals surface area contributed by atoms with Gasteiger partial charge in [0.15, 0.2) is 0 Å². The van der Waals surface area contributed by atoms with E-state index in [1.807, 2.05) is 13.8 Å². The molecule has 0 spiro atoms. The molecule has 0 radical (unpaired) electrons. The number of benzene rings is 1. The van der Waals surface area contributed by atoms with Crippen molar-refractivity contribution in [3.05, 3.63) is 51.5 Å². The Morgan fingerprint density at radius 1 is 1.19 bits per heavy atom. The summed E-state index contributed by atoms with van der Waals surface area (Å²) in [5.74, 6) is -0.0605. The zero-order valence-electron chi connectivity index (χ0n) is 14.9. The molecule has 3 rings (SSSR count). The standard InChI is InChI=1S/C18H19ClN4O3/c1-10(2)26-17-13(19)7-11(9-20-17)16(24)21-12-5-6-14-15(8-12)23(4)18(25)22(14)3/h5-10H,1-4H3,(H,21,24). The molecule has 8 heteroatoms. The van der Waals surface area contributed by atoms with Crippen molar-refractivity contribution in [2.45, 2.75) is 20.0 Å². The number of carbonyl (C=O) groups excluding carboxylic acids is 1.